The molecular formula is C11H10N2O4. The van der Waals surface area contributed by atoms with Crippen molar-refractivity contribution in [3.05, 3.63) is 29.5 Å². The Morgan fingerprint density at radius 2 is 2.12 bits per heavy atom. The van der Waals surface area contributed by atoms with Crippen LogP contribution in [0, 0.1) is 0 Å². The highest BCUT2D eigenvalue weighted by atomic mass is 16.5. The number of rotatable bonds is 3. The molecule has 0 aromatic carbocycles. The van der Waals surface area contributed by atoms with Gasteiger partial charge in [0.2, 0.25) is 5.88 Å². The first-order valence-electron chi connectivity index (χ1n) is 4.85. The van der Waals surface area contributed by atoms with E-state index in [1.54, 1.807) is 0 Å². The molecule has 6 nitrogen and oxygen atoms in total. The van der Waals surface area contributed by atoms with Gasteiger partial charge in [0.25, 0.3) is 0 Å². The maximum absolute atomic E-state index is 11.2. The molecule has 0 spiro atoms. The summed E-state index contributed by atoms with van der Waals surface area (Å²) in [5.41, 5.74) is 0.616. The van der Waals surface area contributed by atoms with Crippen molar-refractivity contribution in [2.45, 2.75) is 6.92 Å². The highest BCUT2D eigenvalue weighted by Gasteiger charge is 2.16. The monoisotopic (exact) mass is 234 g/mol. The first kappa shape index (κ1) is 11.1. The summed E-state index contributed by atoms with van der Waals surface area (Å²) in [7, 11) is 1.45. The van der Waals surface area contributed by atoms with Gasteiger partial charge in [-0.1, -0.05) is 0 Å². The molecule has 0 unspecified atom stereocenters. The molecule has 88 valence electrons. The smallest absolute Gasteiger partial charge is 0.337 e. The summed E-state index contributed by atoms with van der Waals surface area (Å²) in [6.07, 6.45) is 0. The van der Waals surface area contributed by atoms with E-state index in [9.17, 15) is 9.59 Å². The number of hydrogen-bond donors (Lipinski definition) is 1. The Hall–Kier alpha value is -2.37. The lowest BCUT2D eigenvalue weighted by Crippen LogP contribution is -2.03. The predicted molar refractivity (Wildman–Crippen MR) is 58.7 cm³/mol. The van der Waals surface area contributed by atoms with E-state index in [1.165, 1.54) is 36.7 Å². The molecule has 0 fully saturated rings. The minimum Gasteiger partial charge on any atom is -0.481 e. The lowest BCUT2D eigenvalue weighted by molar-refractivity contribution is 0.0698. The lowest BCUT2D eigenvalue weighted by atomic mass is 10.2. The Morgan fingerprint density at radius 1 is 1.41 bits per heavy atom. The van der Waals surface area contributed by atoms with Crippen molar-refractivity contribution < 1.29 is 19.4 Å². The number of ketones is 1. The van der Waals surface area contributed by atoms with Gasteiger partial charge in [0.05, 0.1) is 18.2 Å². The number of carbonyl (C=O) groups is 2. The highest BCUT2D eigenvalue weighted by molar-refractivity contribution is 5.99. The third-order valence-electron chi connectivity index (χ3n) is 2.39. The molecule has 2 aromatic rings. The molecule has 0 aliphatic rings. The Bertz CT molecular complexity index is 615. The molecule has 6 heteroatoms. The number of carboxylic acids is 1. The third-order valence-corrected chi connectivity index (χ3v) is 2.39. The van der Waals surface area contributed by atoms with Gasteiger partial charge in [0.1, 0.15) is 5.69 Å². The normalized spacial score (nSPS) is 10.5. The Labute approximate surface area is 96.4 Å². The molecule has 0 radical (unpaired) electrons. The second-order valence-corrected chi connectivity index (χ2v) is 3.48. The summed E-state index contributed by atoms with van der Waals surface area (Å²) >= 11 is 0. The number of Topliss-reactive ketones (excluding diaryl/α,β-unsaturated/α-hetero) is 1. The van der Waals surface area contributed by atoms with Crippen molar-refractivity contribution in [3.63, 3.8) is 0 Å². The van der Waals surface area contributed by atoms with E-state index >= 15 is 0 Å². The number of hydrogen-bond acceptors (Lipinski definition) is 4. The topological polar surface area (TPSA) is 80.9 Å². The van der Waals surface area contributed by atoms with Gasteiger partial charge >= 0.3 is 5.97 Å². The molecule has 0 amide bonds. The fourth-order valence-corrected chi connectivity index (χ4v) is 1.56. The predicted octanol–water partition coefficient (Wildman–Crippen LogP) is 1.24. The lowest BCUT2D eigenvalue weighted by Gasteiger charge is -2.04. The molecule has 2 heterocycles. The zero-order valence-electron chi connectivity index (χ0n) is 9.30. The Kier molecular flexibility index (Phi) is 2.55. The van der Waals surface area contributed by atoms with E-state index in [4.69, 9.17) is 9.84 Å². The van der Waals surface area contributed by atoms with E-state index in [0.29, 0.717) is 11.4 Å². The Morgan fingerprint density at radius 3 is 2.65 bits per heavy atom. The van der Waals surface area contributed by atoms with Crippen LogP contribution in [0.4, 0.5) is 0 Å². The van der Waals surface area contributed by atoms with E-state index in [-0.39, 0.29) is 17.0 Å². The molecule has 0 aliphatic carbocycles. The van der Waals surface area contributed by atoms with Crippen LogP contribution in [0.3, 0.4) is 0 Å². The summed E-state index contributed by atoms with van der Waals surface area (Å²) in [5.74, 6) is -0.933. The minimum atomic E-state index is -1.08. The SMILES string of the molecule is COc1ccc(C(=O)O)c2cc(C(C)=O)nn12. The van der Waals surface area contributed by atoms with Gasteiger partial charge in [-0.05, 0) is 12.1 Å². The summed E-state index contributed by atoms with van der Waals surface area (Å²) in [5, 5.41) is 13.0. The van der Waals surface area contributed by atoms with Crippen molar-refractivity contribution in [2.24, 2.45) is 0 Å². The van der Waals surface area contributed by atoms with E-state index in [0.717, 1.165) is 0 Å². The van der Waals surface area contributed by atoms with Gasteiger partial charge < -0.3 is 9.84 Å². The average Bonchev–Trinajstić information content (AvgIpc) is 2.71. The van der Waals surface area contributed by atoms with Gasteiger partial charge in [-0.15, -0.1) is 0 Å². The van der Waals surface area contributed by atoms with Crippen LogP contribution in [-0.4, -0.2) is 33.6 Å². The van der Waals surface area contributed by atoms with Crippen molar-refractivity contribution in [1.82, 2.24) is 9.61 Å². The van der Waals surface area contributed by atoms with Crippen LogP contribution < -0.4 is 4.74 Å². The van der Waals surface area contributed by atoms with Crippen molar-refractivity contribution in [3.8, 4) is 5.88 Å². The molecule has 1 N–H and O–H groups in total. The first-order valence-corrected chi connectivity index (χ1v) is 4.85. The number of nitrogens with zero attached hydrogens (tertiary/aromatic N) is 2. The number of ether oxygens (including phenoxy) is 1. The standard InChI is InChI=1S/C11H10N2O4/c1-6(14)8-5-9-7(11(15)16)3-4-10(17-2)13(9)12-8/h3-5H,1-2H3,(H,15,16). The molecule has 17 heavy (non-hydrogen) atoms. The number of fused-ring (bicyclic) bond motifs is 1. The zero-order valence-corrected chi connectivity index (χ0v) is 9.30. The molecule has 0 aliphatic heterocycles. The molecule has 2 aromatic heterocycles. The largest absolute Gasteiger partial charge is 0.481 e. The van der Waals surface area contributed by atoms with Crippen molar-refractivity contribution >= 4 is 17.3 Å². The number of aromatic carboxylic acids is 1. The van der Waals surface area contributed by atoms with E-state index in [2.05, 4.69) is 5.10 Å². The van der Waals surface area contributed by atoms with Crippen LogP contribution in [0.25, 0.3) is 5.52 Å². The molecule has 0 bridgehead atoms. The fourth-order valence-electron chi connectivity index (χ4n) is 1.56. The second-order valence-electron chi connectivity index (χ2n) is 3.48. The highest BCUT2D eigenvalue weighted by Crippen LogP contribution is 2.20. The van der Waals surface area contributed by atoms with Crippen LogP contribution in [0.1, 0.15) is 27.8 Å². The molecular weight excluding hydrogens is 224 g/mol. The van der Waals surface area contributed by atoms with Gasteiger partial charge in [0.15, 0.2) is 5.78 Å². The molecule has 0 saturated carbocycles. The van der Waals surface area contributed by atoms with Crippen molar-refractivity contribution in [2.75, 3.05) is 7.11 Å². The zero-order chi connectivity index (χ0) is 12.6. The number of methoxy groups -OCH3 is 1. The van der Waals surface area contributed by atoms with Crippen LogP contribution in [0.5, 0.6) is 5.88 Å². The number of aromatic nitrogens is 2. The minimum absolute atomic E-state index is 0.0748. The van der Waals surface area contributed by atoms with Gasteiger partial charge in [-0.3, -0.25) is 4.79 Å². The van der Waals surface area contributed by atoms with E-state index in [1.807, 2.05) is 0 Å². The average molecular weight is 234 g/mol. The summed E-state index contributed by atoms with van der Waals surface area (Å²) in [4.78, 5) is 22.3. The second kappa shape index (κ2) is 3.89. The quantitative estimate of drug-likeness (QED) is 0.808. The summed E-state index contributed by atoms with van der Waals surface area (Å²) < 4.78 is 6.36. The van der Waals surface area contributed by atoms with Crippen molar-refractivity contribution in [1.29, 1.82) is 0 Å². The van der Waals surface area contributed by atoms with E-state index < -0.39 is 5.97 Å². The third kappa shape index (κ3) is 1.73. The number of pyridine rings is 1. The summed E-state index contributed by atoms with van der Waals surface area (Å²) in [6, 6.07) is 4.35. The van der Waals surface area contributed by atoms with Crippen LogP contribution in [0.2, 0.25) is 0 Å². The van der Waals surface area contributed by atoms with Gasteiger partial charge in [0, 0.05) is 13.0 Å². The Balaban J connectivity index is 2.81. The number of carboxylic acid groups (broad SMARTS) is 1. The van der Waals surface area contributed by atoms with Crippen LogP contribution >= 0.6 is 0 Å². The maximum atomic E-state index is 11.2. The first-order chi connectivity index (χ1) is 8.04. The van der Waals surface area contributed by atoms with Crippen LogP contribution in [0.15, 0.2) is 18.2 Å². The maximum Gasteiger partial charge on any atom is 0.337 e. The fraction of sp³-hybridized carbons (Fsp3) is 0.182. The van der Waals surface area contributed by atoms with Gasteiger partial charge in [-0.2, -0.15) is 9.61 Å². The summed E-state index contributed by atoms with van der Waals surface area (Å²) in [6.45, 7) is 1.37. The molecule has 0 saturated heterocycles. The molecule has 2 rings (SSSR count). The van der Waals surface area contributed by atoms with Crippen LogP contribution in [-0.2, 0) is 0 Å². The molecule has 0 atom stereocenters. The number of carbonyl (C=O) groups excluding carboxylic acids is 1. The van der Waals surface area contributed by atoms with Gasteiger partial charge in [-0.25, -0.2) is 4.79 Å².